The van der Waals surface area contributed by atoms with E-state index in [-0.39, 0.29) is 23.8 Å². The van der Waals surface area contributed by atoms with Crippen molar-refractivity contribution in [2.45, 2.75) is 12.8 Å². The van der Waals surface area contributed by atoms with Gasteiger partial charge in [-0.3, -0.25) is 10.1 Å². The molecule has 1 fully saturated rings. The van der Waals surface area contributed by atoms with Crippen LogP contribution in [0.1, 0.15) is 23.2 Å². The minimum absolute atomic E-state index is 0.0609. The number of ether oxygens (including phenoxy) is 2. The van der Waals surface area contributed by atoms with Crippen molar-refractivity contribution in [3.8, 4) is 5.75 Å². The fourth-order valence-electron chi connectivity index (χ4n) is 1.53. The molecule has 19 heavy (non-hydrogen) atoms. The maximum absolute atomic E-state index is 11.0. The minimum atomic E-state index is -1.28. The molecule has 2 rings (SSSR count). The molecule has 0 heterocycles. The SMILES string of the molecule is O=C(O)c1cc([N+](=O)[O-])ccc1OCOCC1CC1. The van der Waals surface area contributed by atoms with Gasteiger partial charge in [-0.25, -0.2) is 4.79 Å². The van der Waals surface area contributed by atoms with E-state index in [1.807, 2.05) is 0 Å². The van der Waals surface area contributed by atoms with Crippen molar-refractivity contribution in [2.24, 2.45) is 5.92 Å². The standard InChI is InChI=1S/C12H13NO6/c14-12(15)10-5-9(13(16)17)3-4-11(10)19-7-18-6-8-1-2-8/h3-5,8H,1-2,6-7H2,(H,14,15). The lowest BCUT2D eigenvalue weighted by atomic mass is 10.2. The Bertz CT molecular complexity index is 497. The zero-order valence-electron chi connectivity index (χ0n) is 10.1. The van der Waals surface area contributed by atoms with Crippen LogP contribution in [-0.2, 0) is 4.74 Å². The summed E-state index contributed by atoms with van der Waals surface area (Å²) in [6, 6.07) is 3.43. The first-order valence-corrected chi connectivity index (χ1v) is 5.80. The van der Waals surface area contributed by atoms with Gasteiger partial charge in [0.05, 0.1) is 11.5 Å². The first kappa shape index (κ1) is 13.3. The second-order valence-electron chi connectivity index (χ2n) is 4.32. The van der Waals surface area contributed by atoms with Crippen molar-refractivity contribution >= 4 is 11.7 Å². The highest BCUT2D eigenvalue weighted by molar-refractivity contribution is 5.91. The molecule has 0 aromatic heterocycles. The zero-order chi connectivity index (χ0) is 13.8. The lowest BCUT2D eigenvalue weighted by Crippen LogP contribution is -2.09. The van der Waals surface area contributed by atoms with Gasteiger partial charge in [0.25, 0.3) is 5.69 Å². The number of hydrogen-bond donors (Lipinski definition) is 1. The molecule has 1 saturated carbocycles. The average molecular weight is 267 g/mol. The van der Waals surface area contributed by atoms with Crippen LogP contribution in [0.5, 0.6) is 5.75 Å². The van der Waals surface area contributed by atoms with Gasteiger partial charge in [-0.2, -0.15) is 0 Å². The van der Waals surface area contributed by atoms with E-state index in [9.17, 15) is 14.9 Å². The summed E-state index contributed by atoms with van der Waals surface area (Å²) >= 11 is 0. The second kappa shape index (κ2) is 5.66. The van der Waals surface area contributed by atoms with Gasteiger partial charge >= 0.3 is 5.97 Å². The summed E-state index contributed by atoms with van der Waals surface area (Å²) in [5.41, 5.74) is -0.534. The van der Waals surface area contributed by atoms with Gasteiger partial charge in [0, 0.05) is 12.1 Å². The van der Waals surface area contributed by atoms with E-state index < -0.39 is 10.9 Å². The van der Waals surface area contributed by atoms with Crippen LogP contribution in [0.4, 0.5) is 5.69 Å². The number of nitro groups is 1. The molecule has 0 atom stereocenters. The number of rotatable bonds is 7. The predicted octanol–water partition coefficient (Wildman–Crippen LogP) is 2.06. The summed E-state index contributed by atoms with van der Waals surface area (Å²) in [4.78, 5) is 20.9. The van der Waals surface area contributed by atoms with Crippen molar-refractivity contribution < 1.29 is 24.3 Å². The molecule has 0 amide bonds. The predicted molar refractivity (Wildman–Crippen MR) is 64.2 cm³/mol. The van der Waals surface area contributed by atoms with E-state index in [1.165, 1.54) is 12.1 Å². The first-order valence-electron chi connectivity index (χ1n) is 5.80. The highest BCUT2D eigenvalue weighted by atomic mass is 16.7. The third-order valence-electron chi connectivity index (χ3n) is 2.75. The van der Waals surface area contributed by atoms with Crippen LogP contribution in [-0.4, -0.2) is 29.4 Å². The maximum Gasteiger partial charge on any atom is 0.339 e. The average Bonchev–Trinajstić information content (AvgIpc) is 3.18. The Morgan fingerprint density at radius 2 is 2.21 bits per heavy atom. The van der Waals surface area contributed by atoms with E-state index in [1.54, 1.807) is 0 Å². The number of carbonyl (C=O) groups is 1. The molecule has 0 bridgehead atoms. The van der Waals surface area contributed by atoms with Gasteiger partial charge in [-0.1, -0.05) is 0 Å². The summed E-state index contributed by atoms with van der Waals surface area (Å²) < 4.78 is 10.4. The third-order valence-corrected chi connectivity index (χ3v) is 2.75. The van der Waals surface area contributed by atoms with Crippen LogP contribution in [0.25, 0.3) is 0 Å². The molecule has 1 aliphatic rings. The normalized spacial score (nSPS) is 14.1. The number of benzene rings is 1. The van der Waals surface area contributed by atoms with Crippen molar-refractivity contribution in [2.75, 3.05) is 13.4 Å². The Labute approximate surface area is 108 Å². The number of carboxylic acid groups (broad SMARTS) is 1. The van der Waals surface area contributed by atoms with Crippen LogP contribution in [0.3, 0.4) is 0 Å². The Morgan fingerprint density at radius 1 is 1.47 bits per heavy atom. The van der Waals surface area contributed by atoms with E-state index in [0.29, 0.717) is 12.5 Å². The van der Waals surface area contributed by atoms with Crippen LogP contribution in [0.2, 0.25) is 0 Å². The molecule has 102 valence electrons. The quantitative estimate of drug-likeness (QED) is 0.351. The molecule has 1 N–H and O–H groups in total. The number of carboxylic acids is 1. The lowest BCUT2D eigenvalue weighted by molar-refractivity contribution is -0.384. The van der Waals surface area contributed by atoms with Crippen molar-refractivity contribution in [1.82, 2.24) is 0 Å². The van der Waals surface area contributed by atoms with Crippen molar-refractivity contribution in [3.63, 3.8) is 0 Å². The van der Waals surface area contributed by atoms with Gasteiger partial charge in [-0.05, 0) is 24.8 Å². The smallest absolute Gasteiger partial charge is 0.339 e. The highest BCUT2D eigenvalue weighted by Crippen LogP contribution is 2.29. The number of nitro benzene ring substituents is 1. The molecule has 0 saturated heterocycles. The van der Waals surface area contributed by atoms with Gasteiger partial charge < -0.3 is 14.6 Å². The van der Waals surface area contributed by atoms with Crippen LogP contribution in [0, 0.1) is 16.0 Å². The molecule has 1 aromatic rings. The molecule has 0 aliphatic heterocycles. The molecule has 1 aliphatic carbocycles. The van der Waals surface area contributed by atoms with E-state index in [0.717, 1.165) is 18.9 Å². The molecule has 0 unspecified atom stereocenters. The van der Waals surface area contributed by atoms with Gasteiger partial charge in [0.15, 0.2) is 6.79 Å². The van der Waals surface area contributed by atoms with Crippen molar-refractivity contribution in [1.29, 1.82) is 0 Å². The van der Waals surface area contributed by atoms with E-state index in [4.69, 9.17) is 14.6 Å². The van der Waals surface area contributed by atoms with Crippen molar-refractivity contribution in [3.05, 3.63) is 33.9 Å². The summed E-state index contributed by atoms with van der Waals surface area (Å²) in [5, 5.41) is 19.6. The second-order valence-corrected chi connectivity index (χ2v) is 4.32. The van der Waals surface area contributed by atoms with Crippen LogP contribution in [0.15, 0.2) is 18.2 Å². The van der Waals surface area contributed by atoms with Crippen LogP contribution >= 0.6 is 0 Å². The maximum atomic E-state index is 11.0. The summed E-state index contributed by atoms with van der Waals surface area (Å²) in [7, 11) is 0. The Kier molecular flexibility index (Phi) is 3.96. The Morgan fingerprint density at radius 3 is 2.79 bits per heavy atom. The minimum Gasteiger partial charge on any atom is -0.478 e. The Hall–Kier alpha value is -2.15. The topological polar surface area (TPSA) is 98.9 Å². The molecule has 0 spiro atoms. The fourth-order valence-corrected chi connectivity index (χ4v) is 1.53. The zero-order valence-corrected chi connectivity index (χ0v) is 10.1. The number of aromatic carboxylic acids is 1. The number of non-ortho nitro benzene ring substituents is 1. The molecule has 0 radical (unpaired) electrons. The highest BCUT2D eigenvalue weighted by Gasteiger charge is 2.21. The number of nitrogens with zero attached hydrogens (tertiary/aromatic N) is 1. The van der Waals surface area contributed by atoms with Gasteiger partial charge in [0.2, 0.25) is 0 Å². The summed E-state index contributed by atoms with van der Waals surface area (Å²) in [6.07, 6.45) is 2.30. The monoisotopic (exact) mass is 267 g/mol. The van der Waals surface area contributed by atoms with E-state index in [2.05, 4.69) is 0 Å². The lowest BCUT2D eigenvalue weighted by Gasteiger charge is -2.09. The fraction of sp³-hybridized carbons (Fsp3) is 0.417. The molecular weight excluding hydrogens is 254 g/mol. The van der Waals surface area contributed by atoms with Gasteiger partial charge in [-0.15, -0.1) is 0 Å². The molecular formula is C12H13NO6. The summed E-state index contributed by atoms with van der Waals surface area (Å²) in [6.45, 7) is 0.532. The third kappa shape index (κ3) is 3.65. The molecule has 7 heteroatoms. The van der Waals surface area contributed by atoms with Crippen LogP contribution < -0.4 is 4.74 Å². The van der Waals surface area contributed by atoms with Gasteiger partial charge in [0.1, 0.15) is 11.3 Å². The first-order chi connectivity index (χ1) is 9.08. The number of hydrogen-bond acceptors (Lipinski definition) is 5. The Balaban J connectivity index is 2.00. The largest absolute Gasteiger partial charge is 0.478 e. The molecule has 1 aromatic carbocycles. The summed E-state index contributed by atoms with van der Waals surface area (Å²) in [5.74, 6) is -0.630. The molecule has 7 nitrogen and oxygen atoms in total. The van der Waals surface area contributed by atoms with E-state index >= 15 is 0 Å².